The van der Waals surface area contributed by atoms with Gasteiger partial charge in [-0.25, -0.2) is 4.98 Å². The van der Waals surface area contributed by atoms with Gasteiger partial charge in [-0.2, -0.15) is 0 Å². The summed E-state index contributed by atoms with van der Waals surface area (Å²) < 4.78 is 2.32. The molecule has 2 N–H and O–H groups in total. The molecule has 0 aromatic carbocycles. The summed E-state index contributed by atoms with van der Waals surface area (Å²) in [5.41, 5.74) is 7.57. The first-order valence-electron chi connectivity index (χ1n) is 8.11. The Hall–Kier alpha value is -0.830. The van der Waals surface area contributed by atoms with Crippen molar-refractivity contribution in [3.63, 3.8) is 0 Å². The van der Waals surface area contributed by atoms with Crippen LogP contribution < -0.4 is 5.73 Å². The van der Waals surface area contributed by atoms with Gasteiger partial charge in [0.15, 0.2) is 0 Å². The van der Waals surface area contributed by atoms with Gasteiger partial charge in [0.1, 0.15) is 0 Å². The van der Waals surface area contributed by atoms with E-state index in [4.69, 9.17) is 5.73 Å². The van der Waals surface area contributed by atoms with Gasteiger partial charge in [-0.1, -0.05) is 53.9 Å². The summed E-state index contributed by atoms with van der Waals surface area (Å²) in [6, 6.07) is 0. The summed E-state index contributed by atoms with van der Waals surface area (Å²) in [7, 11) is 0. The molecule has 1 aromatic rings. The van der Waals surface area contributed by atoms with Crippen LogP contribution in [-0.4, -0.2) is 16.1 Å². The van der Waals surface area contributed by atoms with Gasteiger partial charge in [0.05, 0.1) is 6.33 Å². The summed E-state index contributed by atoms with van der Waals surface area (Å²) in [5.74, 6) is 0.961. The largest absolute Gasteiger partial charge is 0.334 e. The van der Waals surface area contributed by atoms with Crippen LogP contribution in [0.25, 0.3) is 0 Å². The predicted octanol–water partition coefficient (Wildman–Crippen LogP) is 4.19. The van der Waals surface area contributed by atoms with Crippen LogP contribution in [-0.2, 0) is 6.54 Å². The Labute approximate surface area is 125 Å². The molecule has 0 bridgehead atoms. The fourth-order valence-electron chi connectivity index (χ4n) is 2.90. The summed E-state index contributed by atoms with van der Waals surface area (Å²) in [6.45, 7) is 13.2. The first kappa shape index (κ1) is 17.2. The van der Waals surface area contributed by atoms with Gasteiger partial charge in [-0.05, 0) is 17.8 Å². The maximum atomic E-state index is 5.95. The highest BCUT2D eigenvalue weighted by molar-refractivity contribution is 5.08. The number of hydrogen-bond acceptors (Lipinski definition) is 2. The minimum absolute atomic E-state index is 0.320. The SMILES string of the molecule is CCCCCC(C)(C)Cn1cncc1C(CN)C(C)C. The molecule has 0 aliphatic heterocycles. The monoisotopic (exact) mass is 279 g/mol. The summed E-state index contributed by atoms with van der Waals surface area (Å²) in [4.78, 5) is 4.36. The highest BCUT2D eigenvalue weighted by atomic mass is 15.1. The number of nitrogens with zero attached hydrogens (tertiary/aromatic N) is 2. The van der Waals surface area contributed by atoms with Crippen molar-refractivity contribution in [3.8, 4) is 0 Å². The van der Waals surface area contributed by atoms with Gasteiger partial charge in [0, 0.05) is 30.9 Å². The van der Waals surface area contributed by atoms with Gasteiger partial charge >= 0.3 is 0 Å². The lowest BCUT2D eigenvalue weighted by Gasteiger charge is -2.28. The third-order valence-electron chi connectivity index (χ3n) is 4.24. The minimum atomic E-state index is 0.320. The van der Waals surface area contributed by atoms with Crippen LogP contribution in [0.3, 0.4) is 0 Å². The second kappa shape index (κ2) is 7.82. The van der Waals surface area contributed by atoms with Gasteiger partial charge in [-0.15, -0.1) is 0 Å². The third-order valence-corrected chi connectivity index (χ3v) is 4.24. The van der Waals surface area contributed by atoms with Crippen molar-refractivity contribution < 1.29 is 0 Å². The van der Waals surface area contributed by atoms with Crippen molar-refractivity contribution in [1.82, 2.24) is 9.55 Å². The Morgan fingerprint density at radius 2 is 2.00 bits per heavy atom. The molecule has 116 valence electrons. The fourth-order valence-corrected chi connectivity index (χ4v) is 2.90. The minimum Gasteiger partial charge on any atom is -0.334 e. The number of aromatic nitrogens is 2. The summed E-state index contributed by atoms with van der Waals surface area (Å²) in [5, 5.41) is 0. The average molecular weight is 279 g/mol. The zero-order valence-corrected chi connectivity index (χ0v) is 14.0. The Morgan fingerprint density at radius 3 is 2.55 bits per heavy atom. The van der Waals surface area contributed by atoms with Crippen molar-refractivity contribution in [3.05, 3.63) is 18.2 Å². The number of nitrogens with two attached hydrogens (primary N) is 1. The molecule has 3 nitrogen and oxygen atoms in total. The molecule has 1 aromatic heterocycles. The molecule has 0 spiro atoms. The van der Waals surface area contributed by atoms with E-state index in [0.29, 0.717) is 23.8 Å². The van der Waals surface area contributed by atoms with E-state index in [-0.39, 0.29) is 0 Å². The van der Waals surface area contributed by atoms with Crippen molar-refractivity contribution in [2.45, 2.75) is 72.8 Å². The maximum absolute atomic E-state index is 5.95. The number of unbranched alkanes of at least 4 members (excludes halogenated alkanes) is 2. The Kier molecular flexibility index (Phi) is 6.74. The highest BCUT2D eigenvalue weighted by Crippen LogP contribution is 2.29. The molecule has 0 amide bonds. The second-order valence-electron chi connectivity index (χ2n) is 7.15. The highest BCUT2D eigenvalue weighted by Gasteiger charge is 2.23. The molecule has 3 heteroatoms. The van der Waals surface area contributed by atoms with Crippen LogP contribution in [0.5, 0.6) is 0 Å². The topological polar surface area (TPSA) is 43.8 Å². The van der Waals surface area contributed by atoms with Crippen molar-refractivity contribution in [2.75, 3.05) is 6.54 Å². The van der Waals surface area contributed by atoms with Crippen LogP contribution in [0, 0.1) is 11.3 Å². The zero-order chi connectivity index (χ0) is 15.2. The van der Waals surface area contributed by atoms with E-state index in [1.165, 1.54) is 31.4 Å². The molecule has 1 unspecified atom stereocenters. The lowest BCUT2D eigenvalue weighted by Crippen LogP contribution is -2.25. The molecule has 1 heterocycles. The Morgan fingerprint density at radius 1 is 1.30 bits per heavy atom. The first-order valence-corrected chi connectivity index (χ1v) is 8.11. The van der Waals surface area contributed by atoms with Crippen LogP contribution in [0.2, 0.25) is 0 Å². The van der Waals surface area contributed by atoms with E-state index < -0.39 is 0 Å². The molecule has 1 atom stereocenters. The summed E-state index contributed by atoms with van der Waals surface area (Å²) in [6.07, 6.45) is 9.18. The smallest absolute Gasteiger partial charge is 0.0948 e. The van der Waals surface area contributed by atoms with E-state index >= 15 is 0 Å². The lowest BCUT2D eigenvalue weighted by molar-refractivity contribution is 0.264. The van der Waals surface area contributed by atoms with Gasteiger partial charge in [0.25, 0.3) is 0 Å². The Bertz CT molecular complexity index is 379. The lowest BCUT2D eigenvalue weighted by atomic mass is 9.86. The second-order valence-corrected chi connectivity index (χ2v) is 7.15. The van der Waals surface area contributed by atoms with Crippen molar-refractivity contribution >= 4 is 0 Å². The molecule has 0 saturated carbocycles. The zero-order valence-electron chi connectivity index (χ0n) is 14.0. The third kappa shape index (κ3) is 4.93. The predicted molar refractivity (Wildman–Crippen MR) is 86.8 cm³/mol. The molecule has 0 aliphatic rings. The van der Waals surface area contributed by atoms with E-state index in [2.05, 4.69) is 44.2 Å². The standard InChI is InChI=1S/C17H33N3/c1-6-7-8-9-17(4,5)12-20-13-19-11-16(20)15(10-18)14(2)3/h11,13-15H,6-10,12,18H2,1-5H3. The molecule has 0 radical (unpaired) electrons. The quantitative estimate of drug-likeness (QED) is 0.689. The van der Waals surface area contributed by atoms with Gasteiger partial charge in [0.2, 0.25) is 0 Å². The van der Waals surface area contributed by atoms with E-state index in [1.807, 2.05) is 12.5 Å². The van der Waals surface area contributed by atoms with Crippen LogP contribution in [0.1, 0.15) is 71.9 Å². The van der Waals surface area contributed by atoms with Crippen molar-refractivity contribution in [1.29, 1.82) is 0 Å². The number of imidazole rings is 1. The Balaban J connectivity index is 2.75. The molecule has 0 fully saturated rings. The van der Waals surface area contributed by atoms with Gasteiger partial charge in [-0.3, -0.25) is 0 Å². The molecule has 0 saturated heterocycles. The molecular weight excluding hydrogens is 246 g/mol. The van der Waals surface area contributed by atoms with E-state index in [1.54, 1.807) is 0 Å². The van der Waals surface area contributed by atoms with Crippen LogP contribution in [0.4, 0.5) is 0 Å². The maximum Gasteiger partial charge on any atom is 0.0948 e. The molecule has 20 heavy (non-hydrogen) atoms. The number of rotatable bonds is 9. The normalized spacial score (nSPS) is 13.9. The van der Waals surface area contributed by atoms with Crippen molar-refractivity contribution in [2.24, 2.45) is 17.1 Å². The molecule has 1 rings (SSSR count). The van der Waals surface area contributed by atoms with E-state index in [9.17, 15) is 0 Å². The summed E-state index contributed by atoms with van der Waals surface area (Å²) >= 11 is 0. The van der Waals surface area contributed by atoms with Crippen LogP contribution in [0.15, 0.2) is 12.5 Å². The fraction of sp³-hybridized carbons (Fsp3) is 0.824. The first-order chi connectivity index (χ1) is 9.41. The van der Waals surface area contributed by atoms with E-state index in [0.717, 1.165) is 6.54 Å². The van der Waals surface area contributed by atoms with Crippen LogP contribution >= 0.6 is 0 Å². The average Bonchev–Trinajstić information content (AvgIpc) is 2.77. The molecule has 0 aliphatic carbocycles. The number of hydrogen-bond donors (Lipinski definition) is 1. The molecular formula is C17H33N3. The van der Waals surface area contributed by atoms with Gasteiger partial charge < -0.3 is 10.3 Å².